The first-order chi connectivity index (χ1) is 17.5. The molecule has 1 aliphatic heterocycles. The van der Waals surface area contributed by atoms with Crippen LogP contribution in [0.4, 0.5) is 5.69 Å². The summed E-state index contributed by atoms with van der Waals surface area (Å²) in [5, 5.41) is 11.6. The maximum absolute atomic E-state index is 13.2. The van der Waals surface area contributed by atoms with Gasteiger partial charge in [0.1, 0.15) is 11.3 Å². The van der Waals surface area contributed by atoms with Gasteiger partial charge in [-0.3, -0.25) is 13.9 Å². The van der Waals surface area contributed by atoms with Crippen LogP contribution in [0.5, 0.6) is 0 Å². The molecular weight excluding hydrogens is 458 g/mol. The largest absolute Gasteiger partial charge is 0.381 e. The molecule has 1 aromatic carbocycles. The van der Waals surface area contributed by atoms with Crippen molar-refractivity contribution in [3.05, 3.63) is 72.1 Å². The fourth-order valence-electron chi connectivity index (χ4n) is 4.41. The van der Waals surface area contributed by atoms with Gasteiger partial charge in [0.25, 0.3) is 5.91 Å². The van der Waals surface area contributed by atoms with Gasteiger partial charge < -0.3 is 14.6 Å². The summed E-state index contributed by atoms with van der Waals surface area (Å²) in [6.07, 6.45) is 7.01. The third-order valence-electron chi connectivity index (χ3n) is 6.45. The number of fused-ring (bicyclic) bond motifs is 1. The number of nitrogens with zero attached hydrogens (tertiary/aromatic N) is 6. The van der Waals surface area contributed by atoms with E-state index in [0.717, 1.165) is 42.0 Å². The second kappa shape index (κ2) is 9.04. The smallest absolute Gasteiger partial charge is 0.274 e. The first-order valence-electron chi connectivity index (χ1n) is 11.8. The minimum Gasteiger partial charge on any atom is -0.381 e. The molecule has 1 atom stereocenters. The summed E-state index contributed by atoms with van der Waals surface area (Å²) >= 11 is 0. The molecule has 6 rings (SSSR count). The number of ether oxygens (including phenoxy) is 1. The molecule has 10 nitrogen and oxygen atoms in total. The summed E-state index contributed by atoms with van der Waals surface area (Å²) in [6, 6.07) is 11.5. The molecule has 182 valence electrons. The molecule has 5 heterocycles. The molecule has 0 bridgehead atoms. The Balaban J connectivity index is 1.22. The standard InChI is InChI=1S/C26H25N7O3/c1-16-3-4-19(25-29-24(36-31-25)11-17-7-10-35-15-17)12-21(16)28-26(34)22-14-27-23-13-18(5-9-33(22)23)20-6-8-32(2)30-20/h3-6,8-9,12-14,17H,7,10-11,15H2,1-2H3,(H,28,34)/t17-/m1/s1. The maximum Gasteiger partial charge on any atom is 0.274 e. The van der Waals surface area contributed by atoms with Gasteiger partial charge in [0, 0.05) is 55.9 Å². The topological polar surface area (TPSA) is 112 Å². The van der Waals surface area contributed by atoms with Crippen LogP contribution < -0.4 is 5.32 Å². The first-order valence-corrected chi connectivity index (χ1v) is 11.8. The van der Waals surface area contributed by atoms with E-state index in [0.29, 0.717) is 41.1 Å². The van der Waals surface area contributed by atoms with E-state index in [1.165, 1.54) is 0 Å². The number of rotatable bonds is 6. The van der Waals surface area contributed by atoms with E-state index in [1.54, 1.807) is 15.3 Å². The Morgan fingerprint density at radius 1 is 1.17 bits per heavy atom. The van der Waals surface area contributed by atoms with Crippen molar-refractivity contribution in [3.8, 4) is 22.6 Å². The van der Waals surface area contributed by atoms with Crippen LogP contribution in [0.15, 0.2) is 59.5 Å². The SMILES string of the molecule is Cc1ccc(-c2noc(C[C@H]3CCOC3)n2)cc1NC(=O)c1cnc2cc(-c3ccn(C)n3)ccn12. The number of carbonyl (C=O) groups excluding carboxylic acids is 1. The Morgan fingerprint density at radius 2 is 2.08 bits per heavy atom. The Bertz CT molecular complexity index is 1560. The molecule has 36 heavy (non-hydrogen) atoms. The number of anilines is 1. The number of hydrogen-bond acceptors (Lipinski definition) is 7. The zero-order valence-electron chi connectivity index (χ0n) is 20.0. The van der Waals surface area contributed by atoms with Gasteiger partial charge in [0.2, 0.25) is 11.7 Å². The molecule has 0 aliphatic carbocycles. The van der Waals surface area contributed by atoms with E-state index < -0.39 is 0 Å². The molecule has 4 aromatic heterocycles. The van der Waals surface area contributed by atoms with E-state index in [1.807, 2.05) is 62.8 Å². The van der Waals surface area contributed by atoms with Crippen molar-refractivity contribution in [3.63, 3.8) is 0 Å². The molecule has 0 radical (unpaired) electrons. The minimum absolute atomic E-state index is 0.261. The highest BCUT2D eigenvalue weighted by atomic mass is 16.5. The minimum atomic E-state index is -0.261. The Hall–Kier alpha value is -4.31. The van der Waals surface area contributed by atoms with Gasteiger partial charge in [-0.15, -0.1) is 0 Å². The van der Waals surface area contributed by atoms with Crippen LogP contribution in [0.25, 0.3) is 28.3 Å². The zero-order valence-corrected chi connectivity index (χ0v) is 20.0. The Morgan fingerprint density at radius 3 is 2.89 bits per heavy atom. The van der Waals surface area contributed by atoms with Crippen molar-refractivity contribution in [2.75, 3.05) is 18.5 Å². The predicted molar refractivity (Wildman–Crippen MR) is 132 cm³/mol. The lowest BCUT2D eigenvalue weighted by Gasteiger charge is -2.10. The second-order valence-corrected chi connectivity index (χ2v) is 9.09. The number of imidazole rings is 1. The van der Waals surface area contributed by atoms with E-state index in [2.05, 4.69) is 25.5 Å². The highest BCUT2D eigenvalue weighted by Crippen LogP contribution is 2.26. The van der Waals surface area contributed by atoms with Crippen LogP contribution in [0.3, 0.4) is 0 Å². The van der Waals surface area contributed by atoms with Gasteiger partial charge >= 0.3 is 0 Å². The number of aromatic nitrogens is 6. The molecule has 10 heteroatoms. The van der Waals surface area contributed by atoms with Crippen molar-refractivity contribution in [1.82, 2.24) is 29.3 Å². The molecule has 1 aliphatic rings. The molecule has 0 unspecified atom stereocenters. The van der Waals surface area contributed by atoms with E-state index >= 15 is 0 Å². The van der Waals surface area contributed by atoms with E-state index in [4.69, 9.17) is 9.26 Å². The average Bonchev–Trinajstić information content (AvgIpc) is 3.68. The lowest BCUT2D eigenvalue weighted by molar-refractivity contribution is 0.102. The third kappa shape index (κ3) is 4.27. The molecular formula is C26H25N7O3. The molecule has 0 spiro atoms. The Labute approximate surface area is 206 Å². The van der Waals surface area contributed by atoms with Gasteiger partial charge in [-0.25, -0.2) is 4.98 Å². The number of amides is 1. The molecule has 1 fully saturated rings. The molecule has 1 saturated heterocycles. The number of aryl methyl sites for hydroxylation is 2. The van der Waals surface area contributed by atoms with Gasteiger partial charge in [-0.05, 0) is 49.1 Å². The Kier molecular flexibility index (Phi) is 5.57. The lowest BCUT2D eigenvalue weighted by Crippen LogP contribution is -2.15. The average molecular weight is 484 g/mol. The molecule has 0 saturated carbocycles. The lowest BCUT2D eigenvalue weighted by atomic mass is 10.1. The summed E-state index contributed by atoms with van der Waals surface area (Å²) in [5.41, 5.74) is 5.25. The van der Waals surface area contributed by atoms with Gasteiger partial charge in [-0.1, -0.05) is 17.3 Å². The van der Waals surface area contributed by atoms with Crippen molar-refractivity contribution >= 4 is 17.2 Å². The molecule has 1 amide bonds. The van der Waals surface area contributed by atoms with E-state index in [-0.39, 0.29) is 5.91 Å². The van der Waals surface area contributed by atoms with Gasteiger partial charge in [0.15, 0.2) is 0 Å². The summed E-state index contributed by atoms with van der Waals surface area (Å²) < 4.78 is 14.4. The van der Waals surface area contributed by atoms with Crippen LogP contribution in [-0.4, -0.2) is 48.4 Å². The maximum atomic E-state index is 13.2. The molecule has 5 aromatic rings. The second-order valence-electron chi connectivity index (χ2n) is 9.09. The number of pyridine rings is 1. The van der Waals surface area contributed by atoms with Crippen LogP contribution in [0.1, 0.15) is 28.4 Å². The van der Waals surface area contributed by atoms with Crippen LogP contribution in [0.2, 0.25) is 0 Å². The zero-order chi connectivity index (χ0) is 24.6. The fourth-order valence-corrected chi connectivity index (χ4v) is 4.41. The number of carbonyl (C=O) groups is 1. The third-order valence-corrected chi connectivity index (χ3v) is 6.45. The first kappa shape index (κ1) is 22.2. The van der Waals surface area contributed by atoms with Crippen molar-refractivity contribution in [2.24, 2.45) is 13.0 Å². The highest BCUT2D eigenvalue weighted by Gasteiger charge is 2.20. The predicted octanol–water partition coefficient (Wildman–Crippen LogP) is 3.92. The summed E-state index contributed by atoms with van der Waals surface area (Å²) in [4.78, 5) is 22.2. The normalized spacial score (nSPS) is 15.6. The summed E-state index contributed by atoms with van der Waals surface area (Å²) in [7, 11) is 1.88. The van der Waals surface area contributed by atoms with Crippen LogP contribution in [-0.2, 0) is 18.2 Å². The van der Waals surface area contributed by atoms with Crippen LogP contribution in [0, 0.1) is 12.8 Å². The monoisotopic (exact) mass is 483 g/mol. The quantitative estimate of drug-likeness (QED) is 0.389. The molecule has 1 N–H and O–H groups in total. The van der Waals surface area contributed by atoms with Crippen LogP contribution >= 0.6 is 0 Å². The van der Waals surface area contributed by atoms with Gasteiger partial charge in [0.05, 0.1) is 11.9 Å². The summed E-state index contributed by atoms with van der Waals surface area (Å²) in [6.45, 7) is 3.45. The van der Waals surface area contributed by atoms with Crippen molar-refractivity contribution in [1.29, 1.82) is 0 Å². The number of nitrogens with one attached hydrogen (secondary N) is 1. The fraction of sp³-hybridized carbons (Fsp3) is 0.269. The van der Waals surface area contributed by atoms with E-state index in [9.17, 15) is 4.79 Å². The highest BCUT2D eigenvalue weighted by molar-refractivity contribution is 6.04. The summed E-state index contributed by atoms with van der Waals surface area (Å²) in [5.74, 6) is 1.25. The van der Waals surface area contributed by atoms with Gasteiger partial charge in [-0.2, -0.15) is 10.1 Å². The van der Waals surface area contributed by atoms with Crippen molar-refractivity contribution < 1.29 is 14.1 Å². The number of benzene rings is 1. The number of hydrogen-bond donors (Lipinski definition) is 1. The van der Waals surface area contributed by atoms with Crippen molar-refractivity contribution in [2.45, 2.75) is 19.8 Å².